The van der Waals surface area contributed by atoms with E-state index in [2.05, 4.69) is 46.5 Å². The van der Waals surface area contributed by atoms with Crippen molar-refractivity contribution >= 4 is 0 Å². The van der Waals surface area contributed by atoms with Crippen LogP contribution in [0.1, 0.15) is 22.5 Å². The predicted molar refractivity (Wildman–Crippen MR) is 101 cm³/mol. The highest BCUT2D eigenvalue weighted by Crippen LogP contribution is 2.40. The number of benzene rings is 3. The monoisotopic (exact) mass is 341 g/mol. The average Bonchev–Trinajstić information content (AvgIpc) is 3.20. The standard InChI is InChI=1S/C22H19N3O/c26-16-21-23-17-24-25(21)22(18-10-4-1-5-11-18,19-12-6-2-7-13-19)20-14-8-3-9-15-20/h1-15,17,26H,16H2. The fourth-order valence-corrected chi connectivity index (χ4v) is 3.56. The Morgan fingerprint density at radius 2 is 1.12 bits per heavy atom. The molecule has 4 rings (SSSR count). The van der Waals surface area contributed by atoms with Gasteiger partial charge in [0.15, 0.2) is 5.82 Å². The van der Waals surface area contributed by atoms with Crippen molar-refractivity contribution in [3.8, 4) is 0 Å². The van der Waals surface area contributed by atoms with E-state index in [-0.39, 0.29) is 6.61 Å². The molecule has 0 aliphatic rings. The minimum Gasteiger partial charge on any atom is -0.388 e. The second kappa shape index (κ2) is 6.94. The summed E-state index contributed by atoms with van der Waals surface area (Å²) < 4.78 is 1.83. The molecule has 4 heteroatoms. The molecule has 0 atom stereocenters. The van der Waals surface area contributed by atoms with E-state index in [1.165, 1.54) is 6.33 Å². The minimum atomic E-state index is -0.724. The molecule has 0 unspecified atom stereocenters. The van der Waals surface area contributed by atoms with E-state index < -0.39 is 5.54 Å². The number of hydrogen-bond acceptors (Lipinski definition) is 3. The van der Waals surface area contributed by atoms with E-state index in [9.17, 15) is 5.11 Å². The third kappa shape index (κ3) is 2.52. The summed E-state index contributed by atoms with van der Waals surface area (Å²) in [5, 5.41) is 14.4. The summed E-state index contributed by atoms with van der Waals surface area (Å²) in [5.41, 5.74) is 2.44. The Kier molecular flexibility index (Phi) is 4.33. The molecule has 4 nitrogen and oxygen atoms in total. The van der Waals surface area contributed by atoms with Gasteiger partial charge < -0.3 is 5.11 Å². The summed E-state index contributed by atoms with van der Waals surface area (Å²) in [4.78, 5) is 4.28. The van der Waals surface area contributed by atoms with Gasteiger partial charge in [0.25, 0.3) is 0 Å². The summed E-state index contributed by atoms with van der Waals surface area (Å²) in [6.45, 7) is -0.186. The molecule has 0 aliphatic carbocycles. The van der Waals surface area contributed by atoms with Gasteiger partial charge in [0.05, 0.1) is 0 Å². The van der Waals surface area contributed by atoms with Gasteiger partial charge in [-0.05, 0) is 16.7 Å². The van der Waals surface area contributed by atoms with Gasteiger partial charge in [0.2, 0.25) is 0 Å². The number of rotatable bonds is 5. The molecule has 0 aliphatic heterocycles. The van der Waals surface area contributed by atoms with Crippen molar-refractivity contribution in [1.82, 2.24) is 14.8 Å². The Labute approximate surface area is 152 Å². The molecule has 0 saturated heterocycles. The number of nitrogens with zero attached hydrogens (tertiary/aromatic N) is 3. The lowest BCUT2D eigenvalue weighted by molar-refractivity contribution is 0.254. The quantitative estimate of drug-likeness (QED) is 0.564. The second-order valence-corrected chi connectivity index (χ2v) is 6.05. The highest BCUT2D eigenvalue weighted by atomic mass is 16.3. The van der Waals surface area contributed by atoms with Crippen LogP contribution in [0.25, 0.3) is 0 Å². The zero-order valence-corrected chi connectivity index (χ0v) is 14.2. The Balaban J connectivity index is 2.15. The molecule has 1 heterocycles. The molecule has 0 bridgehead atoms. The highest BCUT2D eigenvalue weighted by Gasteiger charge is 2.40. The molecule has 0 spiro atoms. The van der Waals surface area contributed by atoms with E-state index in [1.807, 2.05) is 59.3 Å². The zero-order valence-electron chi connectivity index (χ0n) is 14.2. The molecule has 0 radical (unpaired) electrons. The van der Waals surface area contributed by atoms with Crippen LogP contribution >= 0.6 is 0 Å². The Hall–Kier alpha value is -3.24. The summed E-state index contributed by atoms with van der Waals surface area (Å²) >= 11 is 0. The van der Waals surface area contributed by atoms with Crippen molar-refractivity contribution in [2.75, 3.05) is 0 Å². The number of hydrogen-bond donors (Lipinski definition) is 1. The fraction of sp³-hybridized carbons (Fsp3) is 0.0909. The fourth-order valence-electron chi connectivity index (χ4n) is 3.56. The third-order valence-electron chi connectivity index (χ3n) is 4.65. The molecular weight excluding hydrogens is 322 g/mol. The van der Waals surface area contributed by atoms with Crippen LogP contribution in [0.2, 0.25) is 0 Å². The first kappa shape index (κ1) is 16.2. The molecule has 128 valence electrons. The Morgan fingerprint density at radius 3 is 1.50 bits per heavy atom. The van der Waals surface area contributed by atoms with Crippen LogP contribution in [0.3, 0.4) is 0 Å². The lowest BCUT2D eigenvalue weighted by Crippen LogP contribution is -2.39. The van der Waals surface area contributed by atoms with Crippen molar-refractivity contribution in [2.45, 2.75) is 12.1 Å². The maximum atomic E-state index is 9.89. The maximum absolute atomic E-state index is 9.89. The van der Waals surface area contributed by atoms with Crippen molar-refractivity contribution in [3.05, 3.63) is 120 Å². The molecule has 1 aromatic heterocycles. The van der Waals surface area contributed by atoms with Crippen molar-refractivity contribution in [3.63, 3.8) is 0 Å². The number of aliphatic hydroxyl groups is 1. The van der Waals surface area contributed by atoms with Gasteiger partial charge in [-0.25, -0.2) is 9.67 Å². The molecule has 4 aromatic rings. The van der Waals surface area contributed by atoms with E-state index in [1.54, 1.807) is 0 Å². The van der Waals surface area contributed by atoms with Gasteiger partial charge in [-0.1, -0.05) is 91.0 Å². The van der Waals surface area contributed by atoms with Crippen LogP contribution in [0.4, 0.5) is 0 Å². The summed E-state index contributed by atoms with van der Waals surface area (Å²) in [6, 6.07) is 30.6. The van der Waals surface area contributed by atoms with Crippen LogP contribution in [0.15, 0.2) is 97.3 Å². The first-order valence-corrected chi connectivity index (χ1v) is 8.54. The molecule has 0 fully saturated rings. The van der Waals surface area contributed by atoms with Crippen LogP contribution in [0, 0.1) is 0 Å². The van der Waals surface area contributed by atoms with Gasteiger partial charge >= 0.3 is 0 Å². The van der Waals surface area contributed by atoms with E-state index >= 15 is 0 Å². The smallest absolute Gasteiger partial charge is 0.154 e. The molecule has 3 aromatic carbocycles. The predicted octanol–water partition coefficient (Wildman–Crippen LogP) is 3.61. The van der Waals surface area contributed by atoms with Crippen LogP contribution in [-0.2, 0) is 12.1 Å². The highest BCUT2D eigenvalue weighted by molar-refractivity contribution is 5.50. The molecule has 0 saturated carbocycles. The van der Waals surface area contributed by atoms with Crippen molar-refractivity contribution in [2.24, 2.45) is 0 Å². The Morgan fingerprint density at radius 1 is 0.692 bits per heavy atom. The van der Waals surface area contributed by atoms with Crippen molar-refractivity contribution < 1.29 is 5.11 Å². The van der Waals surface area contributed by atoms with Gasteiger partial charge in [0.1, 0.15) is 18.5 Å². The van der Waals surface area contributed by atoms with Crippen LogP contribution < -0.4 is 0 Å². The minimum absolute atomic E-state index is 0.186. The third-order valence-corrected chi connectivity index (χ3v) is 4.65. The van der Waals surface area contributed by atoms with Crippen LogP contribution in [0.5, 0.6) is 0 Å². The normalized spacial score (nSPS) is 11.4. The van der Waals surface area contributed by atoms with E-state index in [4.69, 9.17) is 0 Å². The molecular formula is C22H19N3O. The number of aliphatic hydroxyl groups excluding tert-OH is 1. The molecule has 26 heavy (non-hydrogen) atoms. The first-order chi connectivity index (χ1) is 12.9. The van der Waals surface area contributed by atoms with Crippen LogP contribution in [-0.4, -0.2) is 19.9 Å². The summed E-state index contributed by atoms with van der Waals surface area (Å²) in [7, 11) is 0. The lowest BCUT2D eigenvalue weighted by Gasteiger charge is -2.36. The molecule has 0 amide bonds. The van der Waals surface area contributed by atoms with E-state index in [0.717, 1.165) is 16.7 Å². The van der Waals surface area contributed by atoms with Gasteiger partial charge in [-0.2, -0.15) is 5.10 Å². The maximum Gasteiger partial charge on any atom is 0.154 e. The SMILES string of the molecule is OCc1ncnn1C(c1ccccc1)(c1ccccc1)c1ccccc1. The average molecular weight is 341 g/mol. The summed E-state index contributed by atoms with van der Waals surface area (Å²) in [5.74, 6) is 0.515. The number of aromatic nitrogens is 3. The summed E-state index contributed by atoms with van der Waals surface area (Å²) in [6.07, 6.45) is 1.50. The largest absolute Gasteiger partial charge is 0.388 e. The second-order valence-electron chi connectivity index (χ2n) is 6.05. The zero-order chi connectivity index (χ0) is 17.8. The van der Waals surface area contributed by atoms with E-state index in [0.29, 0.717) is 5.82 Å². The van der Waals surface area contributed by atoms with Crippen molar-refractivity contribution in [1.29, 1.82) is 0 Å². The van der Waals surface area contributed by atoms with Gasteiger partial charge in [0, 0.05) is 0 Å². The van der Waals surface area contributed by atoms with Gasteiger partial charge in [-0.15, -0.1) is 0 Å². The Bertz CT molecular complexity index is 869. The molecule has 1 N–H and O–H groups in total. The topological polar surface area (TPSA) is 50.9 Å². The van der Waals surface area contributed by atoms with Gasteiger partial charge in [-0.3, -0.25) is 0 Å². The lowest BCUT2D eigenvalue weighted by atomic mass is 9.77. The first-order valence-electron chi connectivity index (χ1n) is 8.54.